The lowest BCUT2D eigenvalue weighted by Crippen LogP contribution is -2.06. The van der Waals surface area contributed by atoms with Crippen molar-refractivity contribution in [2.75, 3.05) is 18.9 Å². The maximum absolute atomic E-state index is 11.0. The first-order chi connectivity index (χ1) is 7.61. The molecular formula is C11H13NO4. The highest BCUT2D eigenvalue weighted by molar-refractivity contribution is 5.93. The van der Waals surface area contributed by atoms with Gasteiger partial charge in [0.15, 0.2) is 11.5 Å². The number of nitrogens with two attached hydrogens (primary N) is 1. The van der Waals surface area contributed by atoms with Crippen LogP contribution in [0.5, 0.6) is 11.5 Å². The molecule has 3 N–H and O–H groups in total. The van der Waals surface area contributed by atoms with Crippen LogP contribution in [0.4, 0.5) is 5.69 Å². The first-order valence-corrected chi connectivity index (χ1v) is 5.03. The van der Waals surface area contributed by atoms with Crippen molar-refractivity contribution in [3.05, 3.63) is 17.2 Å². The van der Waals surface area contributed by atoms with Crippen molar-refractivity contribution in [2.45, 2.75) is 13.3 Å². The SMILES string of the molecule is Cc1c(C(=O)O)cc2c(c1N)OCCCO2. The highest BCUT2D eigenvalue weighted by Crippen LogP contribution is 2.39. The second-order valence-corrected chi connectivity index (χ2v) is 3.65. The van der Waals surface area contributed by atoms with Crippen LogP contribution in [0.2, 0.25) is 0 Å². The van der Waals surface area contributed by atoms with Gasteiger partial charge in [-0.2, -0.15) is 0 Å². The predicted molar refractivity (Wildman–Crippen MR) is 58.2 cm³/mol. The van der Waals surface area contributed by atoms with Crippen molar-refractivity contribution in [3.63, 3.8) is 0 Å². The zero-order chi connectivity index (χ0) is 11.7. The quantitative estimate of drug-likeness (QED) is 0.704. The van der Waals surface area contributed by atoms with Crippen LogP contribution in [0.15, 0.2) is 6.07 Å². The van der Waals surface area contributed by atoms with Crippen molar-refractivity contribution < 1.29 is 19.4 Å². The molecule has 0 saturated heterocycles. The normalized spacial score (nSPS) is 14.3. The summed E-state index contributed by atoms with van der Waals surface area (Å²) in [7, 11) is 0. The molecule has 86 valence electrons. The van der Waals surface area contributed by atoms with Gasteiger partial charge in [0.05, 0.1) is 24.5 Å². The largest absolute Gasteiger partial charge is 0.489 e. The van der Waals surface area contributed by atoms with E-state index in [1.165, 1.54) is 6.07 Å². The van der Waals surface area contributed by atoms with Gasteiger partial charge in [-0.05, 0) is 18.6 Å². The molecule has 0 radical (unpaired) electrons. The zero-order valence-electron chi connectivity index (χ0n) is 8.95. The molecule has 1 aromatic rings. The van der Waals surface area contributed by atoms with Crippen molar-refractivity contribution in [2.24, 2.45) is 0 Å². The van der Waals surface area contributed by atoms with Crippen LogP contribution in [-0.2, 0) is 0 Å². The lowest BCUT2D eigenvalue weighted by molar-refractivity contribution is 0.0695. The Morgan fingerprint density at radius 2 is 2.12 bits per heavy atom. The summed E-state index contributed by atoms with van der Waals surface area (Å²) in [6, 6.07) is 1.47. The predicted octanol–water partition coefficient (Wildman–Crippen LogP) is 1.44. The summed E-state index contributed by atoms with van der Waals surface area (Å²) in [4.78, 5) is 11.0. The van der Waals surface area contributed by atoms with Gasteiger partial charge in [-0.3, -0.25) is 0 Å². The third-order valence-electron chi connectivity index (χ3n) is 2.57. The standard InChI is InChI=1S/C11H13NO4/c1-6-7(11(13)14)5-8-10(9(6)12)16-4-2-3-15-8/h5H,2-4,12H2,1H3,(H,13,14). The second-order valence-electron chi connectivity index (χ2n) is 3.65. The molecule has 5 heteroatoms. The minimum Gasteiger partial charge on any atom is -0.489 e. The third kappa shape index (κ3) is 1.64. The molecule has 1 aliphatic heterocycles. The van der Waals surface area contributed by atoms with E-state index < -0.39 is 5.97 Å². The first kappa shape index (κ1) is 10.6. The van der Waals surface area contributed by atoms with Crippen LogP contribution in [0.25, 0.3) is 0 Å². The van der Waals surface area contributed by atoms with Crippen molar-refractivity contribution in [1.82, 2.24) is 0 Å². The molecule has 0 unspecified atom stereocenters. The number of aromatic carboxylic acids is 1. The first-order valence-electron chi connectivity index (χ1n) is 5.03. The Morgan fingerprint density at radius 1 is 1.44 bits per heavy atom. The molecule has 1 aromatic carbocycles. The van der Waals surface area contributed by atoms with Gasteiger partial charge in [0.1, 0.15) is 0 Å². The number of anilines is 1. The molecule has 0 aromatic heterocycles. The van der Waals surface area contributed by atoms with E-state index >= 15 is 0 Å². The van der Waals surface area contributed by atoms with Gasteiger partial charge in [0, 0.05) is 6.42 Å². The fraction of sp³-hybridized carbons (Fsp3) is 0.364. The van der Waals surface area contributed by atoms with E-state index in [1.54, 1.807) is 6.92 Å². The van der Waals surface area contributed by atoms with Gasteiger partial charge in [-0.25, -0.2) is 4.79 Å². The molecule has 0 fully saturated rings. The number of carboxylic acid groups (broad SMARTS) is 1. The highest BCUT2D eigenvalue weighted by atomic mass is 16.5. The Kier molecular flexibility index (Phi) is 2.60. The summed E-state index contributed by atoms with van der Waals surface area (Å²) in [6.07, 6.45) is 0.759. The summed E-state index contributed by atoms with van der Waals surface area (Å²) in [5.74, 6) is -0.141. The fourth-order valence-corrected chi connectivity index (χ4v) is 1.65. The van der Waals surface area contributed by atoms with E-state index in [1.807, 2.05) is 0 Å². The van der Waals surface area contributed by atoms with Crippen LogP contribution >= 0.6 is 0 Å². The van der Waals surface area contributed by atoms with E-state index in [2.05, 4.69) is 0 Å². The number of nitrogen functional groups attached to an aromatic ring is 1. The summed E-state index contributed by atoms with van der Waals surface area (Å²) in [6.45, 7) is 2.70. The van der Waals surface area contributed by atoms with E-state index in [0.717, 1.165) is 6.42 Å². The molecule has 0 aliphatic carbocycles. The number of hydrogen-bond acceptors (Lipinski definition) is 4. The number of hydrogen-bond donors (Lipinski definition) is 2. The van der Waals surface area contributed by atoms with Gasteiger partial charge < -0.3 is 20.3 Å². The Labute approximate surface area is 92.8 Å². The topological polar surface area (TPSA) is 81.8 Å². The zero-order valence-corrected chi connectivity index (χ0v) is 8.95. The molecule has 1 heterocycles. The van der Waals surface area contributed by atoms with E-state index in [4.69, 9.17) is 20.3 Å². The van der Waals surface area contributed by atoms with Crippen LogP contribution in [0.3, 0.4) is 0 Å². The maximum atomic E-state index is 11.0. The van der Waals surface area contributed by atoms with Crippen LogP contribution < -0.4 is 15.2 Å². The molecule has 2 rings (SSSR count). The van der Waals surface area contributed by atoms with Crippen LogP contribution in [0, 0.1) is 6.92 Å². The number of ether oxygens (including phenoxy) is 2. The minimum absolute atomic E-state index is 0.154. The van der Waals surface area contributed by atoms with E-state index in [-0.39, 0.29) is 5.56 Å². The molecule has 0 saturated carbocycles. The molecule has 0 bridgehead atoms. The van der Waals surface area contributed by atoms with Gasteiger partial charge >= 0.3 is 5.97 Å². The number of rotatable bonds is 1. The molecular weight excluding hydrogens is 210 g/mol. The molecule has 0 spiro atoms. The molecule has 0 amide bonds. The van der Waals surface area contributed by atoms with Crippen molar-refractivity contribution >= 4 is 11.7 Å². The molecule has 0 atom stereocenters. The average Bonchev–Trinajstić information content (AvgIpc) is 2.48. The van der Waals surface area contributed by atoms with Crippen molar-refractivity contribution in [1.29, 1.82) is 0 Å². The third-order valence-corrected chi connectivity index (χ3v) is 2.57. The Morgan fingerprint density at radius 3 is 2.81 bits per heavy atom. The number of carbonyl (C=O) groups is 1. The minimum atomic E-state index is -1.01. The second kappa shape index (κ2) is 3.92. The molecule has 16 heavy (non-hydrogen) atoms. The Bertz CT molecular complexity index is 442. The van der Waals surface area contributed by atoms with Gasteiger partial charge in [0.25, 0.3) is 0 Å². The molecule has 1 aliphatic rings. The summed E-state index contributed by atoms with van der Waals surface area (Å²) < 4.78 is 10.9. The lowest BCUT2D eigenvalue weighted by Gasteiger charge is -2.13. The Hall–Kier alpha value is -1.91. The summed E-state index contributed by atoms with van der Waals surface area (Å²) >= 11 is 0. The highest BCUT2D eigenvalue weighted by Gasteiger charge is 2.20. The maximum Gasteiger partial charge on any atom is 0.336 e. The van der Waals surface area contributed by atoms with Crippen molar-refractivity contribution in [3.8, 4) is 11.5 Å². The van der Waals surface area contributed by atoms with Crippen LogP contribution in [-0.4, -0.2) is 24.3 Å². The summed E-state index contributed by atoms with van der Waals surface area (Å²) in [5, 5.41) is 9.01. The fourth-order valence-electron chi connectivity index (χ4n) is 1.65. The monoisotopic (exact) mass is 223 g/mol. The van der Waals surface area contributed by atoms with Gasteiger partial charge in [-0.15, -0.1) is 0 Å². The number of carboxylic acids is 1. The van der Waals surface area contributed by atoms with E-state index in [9.17, 15) is 4.79 Å². The summed E-state index contributed by atoms with van der Waals surface area (Å²) in [5.41, 5.74) is 6.85. The average molecular weight is 223 g/mol. The van der Waals surface area contributed by atoms with Gasteiger partial charge in [-0.1, -0.05) is 0 Å². The number of fused-ring (bicyclic) bond motifs is 1. The number of benzene rings is 1. The lowest BCUT2D eigenvalue weighted by atomic mass is 10.1. The van der Waals surface area contributed by atoms with E-state index in [0.29, 0.717) is 36.0 Å². The Balaban J connectivity index is 2.59. The van der Waals surface area contributed by atoms with Gasteiger partial charge in [0.2, 0.25) is 0 Å². The smallest absolute Gasteiger partial charge is 0.336 e. The molecule has 5 nitrogen and oxygen atoms in total. The van der Waals surface area contributed by atoms with Crippen LogP contribution in [0.1, 0.15) is 22.3 Å².